The molecule has 2 aliphatic rings. The molecule has 2 unspecified atom stereocenters. The summed E-state index contributed by atoms with van der Waals surface area (Å²) in [6.45, 7) is 0.550. The third kappa shape index (κ3) is 3.33. The van der Waals surface area contributed by atoms with Gasteiger partial charge in [-0.25, -0.2) is 0 Å². The fourth-order valence-corrected chi connectivity index (χ4v) is 4.66. The standard InChI is InChI=1S/C23H21ClN2O2/c24-15-7-5-14(6-8-15)13-26-23(27)22-18-11-16(12-19(18)22)28-21-9-10-25-20-4-2-1-3-17(20)21/h1-10,16,18-19,22H,11-13H2,(H,26,27)/t16?,18-,19+,22?. The van der Waals surface area contributed by atoms with Crippen LogP contribution in [0.5, 0.6) is 5.75 Å². The molecule has 1 heterocycles. The summed E-state index contributed by atoms with van der Waals surface area (Å²) < 4.78 is 6.27. The van der Waals surface area contributed by atoms with Crippen LogP contribution < -0.4 is 10.1 Å². The van der Waals surface area contributed by atoms with Crippen molar-refractivity contribution in [2.24, 2.45) is 17.8 Å². The lowest BCUT2D eigenvalue weighted by Crippen LogP contribution is -2.28. The second-order valence-electron chi connectivity index (χ2n) is 7.74. The maximum absolute atomic E-state index is 12.5. The van der Waals surface area contributed by atoms with E-state index in [-0.39, 0.29) is 17.9 Å². The quantitative estimate of drug-likeness (QED) is 0.689. The van der Waals surface area contributed by atoms with Crippen LogP contribution in [0.1, 0.15) is 18.4 Å². The third-order valence-corrected chi connectivity index (χ3v) is 6.24. The summed E-state index contributed by atoms with van der Waals surface area (Å²) in [7, 11) is 0. The molecule has 2 aromatic carbocycles. The molecule has 1 aromatic heterocycles. The molecule has 1 N–H and O–H groups in total. The number of rotatable bonds is 5. The van der Waals surface area contributed by atoms with E-state index in [1.165, 1.54) is 0 Å². The van der Waals surface area contributed by atoms with Crippen LogP contribution >= 0.6 is 11.6 Å². The molecule has 5 heteroatoms. The monoisotopic (exact) mass is 392 g/mol. The smallest absolute Gasteiger partial charge is 0.223 e. The predicted octanol–water partition coefficient (Wildman–Crippen LogP) is 4.61. The number of halogens is 1. The average Bonchev–Trinajstić information content (AvgIpc) is 3.23. The Morgan fingerprint density at radius 2 is 1.82 bits per heavy atom. The highest BCUT2D eigenvalue weighted by atomic mass is 35.5. The fourth-order valence-electron chi connectivity index (χ4n) is 4.54. The molecule has 1 amide bonds. The third-order valence-electron chi connectivity index (χ3n) is 5.99. The van der Waals surface area contributed by atoms with E-state index in [1.54, 1.807) is 6.20 Å². The van der Waals surface area contributed by atoms with Gasteiger partial charge in [0.1, 0.15) is 5.75 Å². The van der Waals surface area contributed by atoms with Gasteiger partial charge in [0.05, 0.1) is 11.6 Å². The highest BCUT2D eigenvalue weighted by molar-refractivity contribution is 6.30. The first kappa shape index (κ1) is 17.5. The molecule has 3 aromatic rings. The largest absolute Gasteiger partial charge is 0.490 e. The molecule has 0 radical (unpaired) electrons. The number of para-hydroxylation sites is 1. The van der Waals surface area contributed by atoms with Gasteiger partial charge < -0.3 is 10.1 Å². The highest BCUT2D eigenvalue weighted by Crippen LogP contribution is 2.58. The van der Waals surface area contributed by atoms with Crippen molar-refractivity contribution in [3.05, 3.63) is 71.4 Å². The van der Waals surface area contributed by atoms with Gasteiger partial charge in [0.15, 0.2) is 0 Å². The molecule has 4 nitrogen and oxygen atoms in total. The lowest BCUT2D eigenvalue weighted by atomic mass is 10.1. The normalized spacial score (nSPS) is 25.3. The lowest BCUT2D eigenvalue weighted by Gasteiger charge is -2.18. The van der Waals surface area contributed by atoms with Crippen molar-refractivity contribution in [2.45, 2.75) is 25.5 Å². The molecule has 0 bridgehead atoms. The lowest BCUT2D eigenvalue weighted by molar-refractivity contribution is -0.123. The van der Waals surface area contributed by atoms with Crippen molar-refractivity contribution in [2.75, 3.05) is 0 Å². The van der Waals surface area contributed by atoms with Crippen LogP contribution in [0.25, 0.3) is 10.9 Å². The number of nitrogens with one attached hydrogen (secondary N) is 1. The average molecular weight is 393 g/mol. The summed E-state index contributed by atoms with van der Waals surface area (Å²) in [5.41, 5.74) is 2.01. The molecule has 0 spiro atoms. The Hall–Kier alpha value is -2.59. The number of nitrogens with zero attached hydrogens (tertiary/aromatic N) is 1. The van der Waals surface area contributed by atoms with E-state index in [4.69, 9.17) is 16.3 Å². The number of benzene rings is 2. The summed E-state index contributed by atoms with van der Waals surface area (Å²) in [6.07, 6.45) is 3.86. The first-order chi connectivity index (χ1) is 13.7. The maximum Gasteiger partial charge on any atom is 0.223 e. The van der Waals surface area contributed by atoms with Crippen LogP contribution in [0.4, 0.5) is 0 Å². The topological polar surface area (TPSA) is 51.2 Å². The summed E-state index contributed by atoms with van der Waals surface area (Å²) in [5, 5.41) is 4.82. The Morgan fingerprint density at radius 1 is 1.07 bits per heavy atom. The number of carbonyl (C=O) groups is 1. The molecule has 4 atom stereocenters. The van der Waals surface area contributed by atoms with Crippen LogP contribution in [-0.4, -0.2) is 17.0 Å². The van der Waals surface area contributed by atoms with Crippen molar-refractivity contribution in [1.29, 1.82) is 0 Å². The SMILES string of the molecule is O=C(NCc1ccc(Cl)cc1)C1[C@H]2CC(Oc3ccnc4ccccc34)C[C@@H]12. The van der Waals surface area contributed by atoms with Crippen LogP contribution in [0, 0.1) is 17.8 Å². The first-order valence-corrected chi connectivity index (χ1v) is 10.1. The van der Waals surface area contributed by atoms with E-state index < -0.39 is 0 Å². The number of pyridine rings is 1. The number of fused-ring (bicyclic) bond motifs is 2. The van der Waals surface area contributed by atoms with Gasteiger partial charge in [-0.15, -0.1) is 0 Å². The zero-order valence-electron chi connectivity index (χ0n) is 15.3. The van der Waals surface area contributed by atoms with Gasteiger partial charge in [0.2, 0.25) is 5.91 Å². The van der Waals surface area contributed by atoms with Crippen molar-refractivity contribution in [3.8, 4) is 5.75 Å². The van der Waals surface area contributed by atoms with Crippen LogP contribution in [-0.2, 0) is 11.3 Å². The van der Waals surface area contributed by atoms with Crippen LogP contribution in [0.15, 0.2) is 60.8 Å². The van der Waals surface area contributed by atoms with E-state index in [0.29, 0.717) is 23.4 Å². The number of hydrogen-bond donors (Lipinski definition) is 1. The Labute approximate surface area is 168 Å². The molecular weight excluding hydrogens is 372 g/mol. The van der Waals surface area contributed by atoms with E-state index in [2.05, 4.69) is 10.3 Å². The van der Waals surface area contributed by atoms with Crippen molar-refractivity contribution < 1.29 is 9.53 Å². The molecule has 2 saturated carbocycles. The number of amides is 1. The fraction of sp³-hybridized carbons (Fsp3) is 0.304. The van der Waals surface area contributed by atoms with Crippen LogP contribution in [0.2, 0.25) is 5.02 Å². The second-order valence-corrected chi connectivity index (χ2v) is 8.17. The minimum absolute atomic E-state index is 0.140. The van der Waals surface area contributed by atoms with Gasteiger partial charge in [0, 0.05) is 29.1 Å². The Bertz CT molecular complexity index is 1000. The molecule has 0 saturated heterocycles. The molecule has 2 aliphatic carbocycles. The van der Waals surface area contributed by atoms with Crippen LogP contribution in [0.3, 0.4) is 0 Å². The zero-order chi connectivity index (χ0) is 19.1. The van der Waals surface area contributed by atoms with E-state index in [1.807, 2.05) is 54.6 Å². The van der Waals surface area contributed by atoms with Gasteiger partial charge in [-0.2, -0.15) is 0 Å². The molecule has 2 fully saturated rings. The summed E-state index contributed by atoms with van der Waals surface area (Å²) in [4.78, 5) is 16.9. The first-order valence-electron chi connectivity index (χ1n) is 9.71. The van der Waals surface area contributed by atoms with Crippen molar-refractivity contribution in [3.63, 3.8) is 0 Å². The van der Waals surface area contributed by atoms with Gasteiger partial charge in [0.25, 0.3) is 0 Å². The number of carbonyl (C=O) groups excluding carboxylic acids is 1. The molecule has 28 heavy (non-hydrogen) atoms. The summed E-state index contributed by atoms with van der Waals surface area (Å²) in [6, 6.07) is 17.5. The van der Waals surface area contributed by atoms with E-state index in [0.717, 1.165) is 35.1 Å². The minimum atomic E-state index is 0.140. The predicted molar refractivity (Wildman–Crippen MR) is 109 cm³/mol. The molecular formula is C23H21ClN2O2. The van der Waals surface area contributed by atoms with E-state index >= 15 is 0 Å². The minimum Gasteiger partial charge on any atom is -0.490 e. The van der Waals surface area contributed by atoms with Crippen molar-refractivity contribution in [1.82, 2.24) is 10.3 Å². The highest BCUT2D eigenvalue weighted by Gasteiger charge is 2.60. The van der Waals surface area contributed by atoms with Gasteiger partial charge >= 0.3 is 0 Å². The Kier molecular flexibility index (Phi) is 4.44. The number of aromatic nitrogens is 1. The Balaban J connectivity index is 1.16. The maximum atomic E-state index is 12.5. The van der Waals surface area contributed by atoms with E-state index in [9.17, 15) is 4.79 Å². The number of hydrogen-bond acceptors (Lipinski definition) is 3. The molecule has 5 rings (SSSR count). The molecule has 0 aliphatic heterocycles. The van der Waals surface area contributed by atoms with Gasteiger partial charge in [-0.05, 0) is 60.6 Å². The van der Waals surface area contributed by atoms with Gasteiger partial charge in [-0.1, -0.05) is 35.9 Å². The molecule has 142 valence electrons. The van der Waals surface area contributed by atoms with Gasteiger partial charge in [-0.3, -0.25) is 9.78 Å². The zero-order valence-corrected chi connectivity index (χ0v) is 16.1. The Morgan fingerprint density at radius 3 is 2.61 bits per heavy atom. The second kappa shape index (κ2) is 7.10. The summed E-state index contributed by atoms with van der Waals surface area (Å²) >= 11 is 5.90. The van der Waals surface area contributed by atoms with Crippen molar-refractivity contribution >= 4 is 28.4 Å². The number of ether oxygens (including phenoxy) is 1. The summed E-state index contributed by atoms with van der Waals surface area (Å²) in [5.74, 6) is 2.09.